The fraction of sp³-hybridized carbons (Fsp3) is 0.667. The highest BCUT2D eigenvalue weighted by atomic mass is 16.5. The van der Waals surface area contributed by atoms with Crippen molar-refractivity contribution in [2.75, 3.05) is 0 Å². The van der Waals surface area contributed by atoms with Gasteiger partial charge in [0.25, 0.3) is 0 Å². The van der Waals surface area contributed by atoms with Crippen LogP contribution >= 0.6 is 0 Å². The molecule has 1 N–H and O–H groups in total. The lowest BCUT2D eigenvalue weighted by Gasteiger charge is -2.26. The number of nitrogens with zero attached hydrogens (tertiary/aromatic N) is 1. The zero-order valence-corrected chi connectivity index (χ0v) is 10.2. The molecule has 0 saturated carbocycles. The third-order valence-corrected chi connectivity index (χ3v) is 3.12. The summed E-state index contributed by atoms with van der Waals surface area (Å²) >= 11 is 0. The van der Waals surface area contributed by atoms with E-state index in [1.807, 2.05) is 27.7 Å². The lowest BCUT2D eigenvalue weighted by molar-refractivity contribution is -0.0713. The van der Waals surface area contributed by atoms with Crippen molar-refractivity contribution < 1.29 is 9.53 Å². The van der Waals surface area contributed by atoms with Crippen molar-refractivity contribution in [3.05, 3.63) is 18.2 Å². The van der Waals surface area contributed by atoms with Gasteiger partial charge in [-0.25, -0.2) is 4.98 Å². The molecular weight excluding hydrogens is 204 g/mol. The molecule has 0 aliphatic carbocycles. The van der Waals surface area contributed by atoms with Gasteiger partial charge in [-0.3, -0.25) is 4.79 Å². The van der Waals surface area contributed by atoms with Crippen LogP contribution in [0.25, 0.3) is 0 Å². The van der Waals surface area contributed by atoms with Gasteiger partial charge in [0.15, 0.2) is 5.82 Å². The molecule has 1 aromatic rings. The normalized spacial score (nSPS) is 26.9. The minimum Gasteiger partial charge on any atom is -0.369 e. The van der Waals surface area contributed by atoms with Crippen LogP contribution in [0.3, 0.4) is 0 Å². The Hall–Kier alpha value is -1.16. The van der Waals surface area contributed by atoms with E-state index in [4.69, 9.17) is 4.74 Å². The second kappa shape index (κ2) is 3.42. The zero-order chi connectivity index (χ0) is 12.0. The molecule has 0 amide bonds. The quantitative estimate of drug-likeness (QED) is 0.780. The van der Waals surface area contributed by atoms with E-state index in [9.17, 15) is 4.79 Å². The van der Waals surface area contributed by atoms with Gasteiger partial charge in [0, 0.05) is 12.4 Å². The molecule has 4 nitrogen and oxygen atoms in total. The third kappa shape index (κ3) is 1.89. The number of carbonyl (C=O) groups excluding carboxylic acids is 1. The van der Waals surface area contributed by atoms with Gasteiger partial charge in [-0.05, 0) is 34.1 Å². The number of hydrogen-bond donors (Lipinski definition) is 1. The predicted octanol–water partition coefficient (Wildman–Crippen LogP) is 2.19. The van der Waals surface area contributed by atoms with Crippen molar-refractivity contribution in [2.45, 2.75) is 45.3 Å². The third-order valence-electron chi connectivity index (χ3n) is 3.12. The summed E-state index contributed by atoms with van der Waals surface area (Å²) in [5.41, 5.74) is -0.663. The molecule has 1 saturated heterocycles. The first-order valence-corrected chi connectivity index (χ1v) is 5.56. The van der Waals surface area contributed by atoms with Gasteiger partial charge in [-0.2, -0.15) is 0 Å². The Morgan fingerprint density at radius 2 is 2.19 bits per heavy atom. The van der Waals surface area contributed by atoms with E-state index >= 15 is 0 Å². The van der Waals surface area contributed by atoms with Crippen molar-refractivity contribution in [1.82, 2.24) is 9.97 Å². The van der Waals surface area contributed by atoms with Crippen LogP contribution in [0.2, 0.25) is 0 Å². The zero-order valence-electron chi connectivity index (χ0n) is 10.2. The lowest BCUT2D eigenvalue weighted by atomic mass is 9.84. The molecule has 16 heavy (non-hydrogen) atoms. The van der Waals surface area contributed by atoms with Gasteiger partial charge in [0.05, 0.1) is 17.1 Å². The van der Waals surface area contributed by atoms with E-state index in [2.05, 4.69) is 9.97 Å². The van der Waals surface area contributed by atoms with Gasteiger partial charge in [-0.15, -0.1) is 0 Å². The number of aromatic nitrogens is 2. The summed E-state index contributed by atoms with van der Waals surface area (Å²) in [7, 11) is 0. The summed E-state index contributed by atoms with van der Waals surface area (Å²) < 4.78 is 5.91. The summed E-state index contributed by atoms with van der Waals surface area (Å²) in [5, 5.41) is 0. The van der Waals surface area contributed by atoms with E-state index < -0.39 is 5.60 Å². The monoisotopic (exact) mass is 222 g/mol. The highest BCUT2D eigenvalue weighted by Crippen LogP contribution is 2.42. The molecule has 1 aliphatic heterocycles. The van der Waals surface area contributed by atoms with Gasteiger partial charge in [-0.1, -0.05) is 0 Å². The topological polar surface area (TPSA) is 55.0 Å². The number of imidazole rings is 1. The van der Waals surface area contributed by atoms with Crippen molar-refractivity contribution in [3.63, 3.8) is 0 Å². The second-order valence-corrected chi connectivity index (χ2v) is 5.52. The van der Waals surface area contributed by atoms with Crippen LogP contribution in [0.4, 0.5) is 0 Å². The number of ether oxygens (including phenoxy) is 1. The van der Waals surface area contributed by atoms with Crippen LogP contribution in [0.15, 0.2) is 12.4 Å². The van der Waals surface area contributed by atoms with Crippen LogP contribution in [-0.2, 0) is 4.74 Å². The number of ketones is 1. The molecule has 1 atom stereocenters. The van der Waals surface area contributed by atoms with Crippen LogP contribution in [0, 0.1) is 5.92 Å². The van der Waals surface area contributed by atoms with E-state index in [-0.39, 0.29) is 17.3 Å². The summed E-state index contributed by atoms with van der Waals surface area (Å²) in [6.07, 6.45) is 4.00. The summed E-state index contributed by atoms with van der Waals surface area (Å²) in [4.78, 5) is 19.1. The molecule has 1 unspecified atom stereocenters. The predicted molar refractivity (Wildman–Crippen MR) is 60.3 cm³/mol. The molecule has 1 fully saturated rings. The Morgan fingerprint density at radius 1 is 1.50 bits per heavy atom. The van der Waals surface area contributed by atoms with Crippen LogP contribution < -0.4 is 0 Å². The first kappa shape index (κ1) is 11.3. The van der Waals surface area contributed by atoms with Gasteiger partial charge < -0.3 is 9.72 Å². The Bertz CT molecular complexity index is 393. The van der Waals surface area contributed by atoms with E-state index in [1.54, 1.807) is 12.4 Å². The summed E-state index contributed by atoms with van der Waals surface area (Å²) in [6, 6.07) is 0. The molecular formula is C12H18N2O2. The smallest absolute Gasteiger partial charge is 0.204 e. The maximum atomic E-state index is 12.2. The fourth-order valence-corrected chi connectivity index (χ4v) is 2.54. The number of rotatable bonds is 2. The first-order valence-electron chi connectivity index (χ1n) is 5.56. The number of H-pyrrole nitrogens is 1. The Kier molecular flexibility index (Phi) is 2.42. The lowest BCUT2D eigenvalue weighted by Crippen LogP contribution is -2.34. The van der Waals surface area contributed by atoms with Crippen LogP contribution in [0.5, 0.6) is 0 Å². The number of Topliss-reactive ketones (excluding diaryl/α,β-unsaturated/α-hetero) is 1. The van der Waals surface area contributed by atoms with E-state index in [0.717, 1.165) is 6.42 Å². The Balaban J connectivity index is 2.25. The number of aromatic amines is 1. The molecule has 0 spiro atoms. The molecule has 1 aliphatic rings. The highest BCUT2D eigenvalue weighted by Gasteiger charge is 2.49. The molecule has 4 heteroatoms. The SMILES string of the molecule is CC1(C)CC(C(=O)c2ncc[nH]2)C(C)(C)O1. The number of nitrogens with one attached hydrogen (secondary N) is 1. The Labute approximate surface area is 95.4 Å². The first-order chi connectivity index (χ1) is 7.32. The van der Waals surface area contributed by atoms with Crippen molar-refractivity contribution in [3.8, 4) is 0 Å². The fourth-order valence-electron chi connectivity index (χ4n) is 2.54. The van der Waals surface area contributed by atoms with Crippen molar-refractivity contribution in [1.29, 1.82) is 0 Å². The van der Waals surface area contributed by atoms with Crippen LogP contribution in [-0.4, -0.2) is 27.0 Å². The molecule has 0 aromatic carbocycles. The van der Waals surface area contributed by atoms with E-state index in [1.165, 1.54) is 0 Å². The molecule has 0 radical (unpaired) electrons. The minimum atomic E-state index is -0.423. The molecule has 88 valence electrons. The minimum absolute atomic E-state index is 0.0422. The van der Waals surface area contributed by atoms with Crippen molar-refractivity contribution >= 4 is 5.78 Å². The molecule has 1 aromatic heterocycles. The Morgan fingerprint density at radius 3 is 2.62 bits per heavy atom. The second-order valence-electron chi connectivity index (χ2n) is 5.52. The molecule has 0 bridgehead atoms. The average molecular weight is 222 g/mol. The average Bonchev–Trinajstić information content (AvgIpc) is 2.69. The highest BCUT2D eigenvalue weighted by molar-refractivity contribution is 5.95. The van der Waals surface area contributed by atoms with E-state index in [0.29, 0.717) is 5.82 Å². The van der Waals surface area contributed by atoms with Gasteiger partial charge >= 0.3 is 0 Å². The van der Waals surface area contributed by atoms with Crippen LogP contribution in [0.1, 0.15) is 44.7 Å². The number of hydrogen-bond acceptors (Lipinski definition) is 3. The summed E-state index contributed by atoms with van der Waals surface area (Å²) in [5.74, 6) is 0.341. The molecule has 2 rings (SSSR count). The van der Waals surface area contributed by atoms with Crippen molar-refractivity contribution in [2.24, 2.45) is 5.92 Å². The standard InChI is InChI=1S/C12H18N2O2/c1-11(2)7-8(12(3,4)16-11)9(15)10-13-5-6-14-10/h5-6,8H,7H2,1-4H3,(H,13,14). The van der Waals surface area contributed by atoms with Gasteiger partial charge in [0.1, 0.15) is 0 Å². The largest absolute Gasteiger partial charge is 0.369 e. The molecule has 2 heterocycles. The summed E-state index contributed by atoms with van der Waals surface area (Å²) in [6.45, 7) is 7.97. The van der Waals surface area contributed by atoms with Gasteiger partial charge in [0.2, 0.25) is 5.78 Å². The number of carbonyl (C=O) groups is 1. The maximum absolute atomic E-state index is 12.2. The maximum Gasteiger partial charge on any atom is 0.204 e.